The number of fused-ring (bicyclic) bond motifs is 4. The fourth-order valence-corrected chi connectivity index (χ4v) is 11.6. The quantitative estimate of drug-likeness (QED) is 0.323. The fraction of sp³-hybridized carbons (Fsp3) is 0.778. The van der Waals surface area contributed by atoms with Crippen molar-refractivity contribution < 1.29 is 0 Å². The molecule has 2 aromatic rings. The molecule has 0 radical (unpaired) electrons. The summed E-state index contributed by atoms with van der Waals surface area (Å²) in [6, 6.07) is 16.8. The molecule has 9 unspecified atom stereocenters. The van der Waals surface area contributed by atoms with E-state index in [4.69, 9.17) is 0 Å². The summed E-state index contributed by atoms with van der Waals surface area (Å²) in [5.74, 6) is 9.46. The van der Waals surface area contributed by atoms with E-state index in [9.17, 15) is 0 Å². The Kier molecular flexibility index (Phi) is 10.4. The van der Waals surface area contributed by atoms with Crippen LogP contribution in [0.4, 0.5) is 0 Å². The van der Waals surface area contributed by atoms with Gasteiger partial charge in [-0.1, -0.05) is 132 Å². The third kappa shape index (κ3) is 7.12. The van der Waals surface area contributed by atoms with Gasteiger partial charge in [-0.25, -0.2) is 0 Å². The maximum Gasteiger partial charge on any atom is -0.00910 e. The zero-order valence-electron chi connectivity index (χ0n) is 31.8. The predicted octanol–water partition coefficient (Wildman–Crippen LogP) is 13.8. The highest BCUT2D eigenvalue weighted by Crippen LogP contribution is 2.67. The Bertz CT molecular complexity index is 1200. The third-order valence-electron chi connectivity index (χ3n) is 14.1. The van der Waals surface area contributed by atoms with Crippen molar-refractivity contribution in [1.82, 2.24) is 0 Å². The number of rotatable bonds is 3. The Labute approximate surface area is 280 Å². The zero-order chi connectivity index (χ0) is 32.9. The van der Waals surface area contributed by atoms with Gasteiger partial charge in [-0.2, -0.15) is 0 Å². The molecular weight excluding hydrogens is 540 g/mol. The van der Waals surface area contributed by atoms with E-state index in [-0.39, 0.29) is 0 Å². The molecule has 0 heterocycles. The number of benzene rings is 2. The van der Waals surface area contributed by atoms with Gasteiger partial charge in [-0.3, -0.25) is 0 Å². The zero-order valence-corrected chi connectivity index (χ0v) is 31.8. The summed E-state index contributed by atoms with van der Waals surface area (Å²) in [6.07, 6.45) is 13.0. The molecule has 4 aliphatic rings. The minimum absolute atomic E-state index is 0.400. The molecule has 4 fully saturated rings. The summed E-state index contributed by atoms with van der Waals surface area (Å²) in [5, 5.41) is 3.01. The lowest BCUT2D eigenvalue weighted by molar-refractivity contribution is 0.0661. The maximum absolute atomic E-state index is 2.65. The summed E-state index contributed by atoms with van der Waals surface area (Å²) in [7, 11) is 0. The molecule has 0 aliphatic heterocycles. The number of hydrogen-bond acceptors (Lipinski definition) is 0. The van der Waals surface area contributed by atoms with Gasteiger partial charge in [0.1, 0.15) is 0 Å². The van der Waals surface area contributed by atoms with E-state index < -0.39 is 0 Å². The van der Waals surface area contributed by atoms with Crippen molar-refractivity contribution in [3.8, 4) is 0 Å². The van der Waals surface area contributed by atoms with Gasteiger partial charge in [-0.15, -0.1) is 0 Å². The smallest absolute Gasteiger partial charge is 0.00910 e. The Morgan fingerprint density at radius 1 is 0.578 bits per heavy atom. The van der Waals surface area contributed by atoms with Crippen molar-refractivity contribution in [2.24, 2.45) is 75.4 Å². The summed E-state index contributed by atoms with van der Waals surface area (Å²) in [4.78, 5) is 0. The second kappa shape index (κ2) is 13.3. The largest absolute Gasteiger partial charge is 0.0656 e. The molecule has 2 aromatic carbocycles. The van der Waals surface area contributed by atoms with E-state index in [1.807, 2.05) is 0 Å². The highest BCUT2D eigenvalue weighted by atomic mass is 14.6. The first-order valence-electron chi connectivity index (χ1n) is 19.5. The summed E-state index contributed by atoms with van der Waals surface area (Å²) in [5.41, 5.74) is 2.96. The highest BCUT2D eigenvalue weighted by Gasteiger charge is 2.59. The third-order valence-corrected chi connectivity index (χ3v) is 14.1. The fourth-order valence-electron chi connectivity index (χ4n) is 11.6. The van der Waals surface area contributed by atoms with E-state index in [1.54, 1.807) is 10.9 Å². The minimum Gasteiger partial charge on any atom is -0.0656 e. The van der Waals surface area contributed by atoms with Crippen LogP contribution in [0.15, 0.2) is 42.5 Å². The van der Waals surface area contributed by atoms with Gasteiger partial charge in [0.25, 0.3) is 0 Å². The highest BCUT2D eigenvalue weighted by molar-refractivity contribution is 5.86. The van der Waals surface area contributed by atoms with Gasteiger partial charge in [0, 0.05) is 0 Å². The molecule has 0 bridgehead atoms. The van der Waals surface area contributed by atoms with Crippen molar-refractivity contribution in [2.75, 3.05) is 0 Å². The lowest BCUT2D eigenvalue weighted by Crippen LogP contribution is -2.37. The van der Waals surface area contributed by atoms with E-state index in [1.165, 1.54) is 63.2 Å². The van der Waals surface area contributed by atoms with Gasteiger partial charge < -0.3 is 0 Å². The molecule has 10 atom stereocenters. The van der Waals surface area contributed by atoms with Gasteiger partial charge in [0.2, 0.25) is 0 Å². The van der Waals surface area contributed by atoms with E-state index in [0.717, 1.165) is 59.2 Å². The van der Waals surface area contributed by atoms with Crippen LogP contribution in [0.3, 0.4) is 0 Å². The lowest BCUT2D eigenvalue weighted by atomic mass is 9.59. The summed E-state index contributed by atoms with van der Waals surface area (Å²) >= 11 is 0. The Hall–Kier alpha value is -1.30. The van der Waals surface area contributed by atoms with Crippen LogP contribution >= 0.6 is 0 Å². The molecule has 4 aliphatic carbocycles. The molecule has 0 aromatic heterocycles. The van der Waals surface area contributed by atoms with Gasteiger partial charge in [0.05, 0.1) is 0 Å². The van der Waals surface area contributed by atoms with Crippen molar-refractivity contribution in [3.05, 3.63) is 48.0 Å². The van der Waals surface area contributed by atoms with Crippen molar-refractivity contribution >= 4 is 10.8 Å². The van der Waals surface area contributed by atoms with E-state index in [2.05, 4.69) is 126 Å². The molecule has 0 N–H and O–H groups in total. The van der Waals surface area contributed by atoms with Crippen LogP contribution in [0.5, 0.6) is 0 Å². The molecule has 0 nitrogen and oxygen atoms in total. The van der Waals surface area contributed by atoms with Crippen molar-refractivity contribution in [3.63, 3.8) is 0 Å². The van der Waals surface area contributed by atoms with Gasteiger partial charge in [-0.05, 0) is 149 Å². The van der Waals surface area contributed by atoms with Crippen LogP contribution in [-0.2, 0) is 0 Å². The maximum atomic E-state index is 2.65. The summed E-state index contributed by atoms with van der Waals surface area (Å²) < 4.78 is 0. The topological polar surface area (TPSA) is 0 Å². The van der Waals surface area contributed by atoms with Crippen LogP contribution in [0.25, 0.3) is 10.8 Å². The molecule has 0 amide bonds. The van der Waals surface area contributed by atoms with Crippen LogP contribution in [-0.4, -0.2) is 0 Å². The van der Waals surface area contributed by atoms with Crippen LogP contribution < -0.4 is 0 Å². The molecule has 4 saturated carbocycles. The average Bonchev–Trinajstić information content (AvgIpc) is 3.51. The Morgan fingerprint density at radius 2 is 1.07 bits per heavy atom. The summed E-state index contributed by atoms with van der Waals surface area (Å²) in [6.45, 7) is 29.7. The van der Waals surface area contributed by atoms with Gasteiger partial charge >= 0.3 is 0 Å². The van der Waals surface area contributed by atoms with Gasteiger partial charge in [0.15, 0.2) is 0 Å². The molecule has 45 heavy (non-hydrogen) atoms. The second-order valence-electron chi connectivity index (χ2n) is 20.0. The predicted molar refractivity (Wildman–Crippen MR) is 199 cm³/mol. The SMILES string of the molecule is CC1CC(C(C)(C)C)CC1[C@@H](c1cccc2ccccc12)C1C2CC(C(C)(C)C)CCC2C2CCC(C(C)(C)C)CC21.CCC. The van der Waals surface area contributed by atoms with Crippen LogP contribution in [0.1, 0.15) is 152 Å². The van der Waals surface area contributed by atoms with Crippen LogP contribution in [0.2, 0.25) is 0 Å². The van der Waals surface area contributed by atoms with Crippen molar-refractivity contribution in [2.45, 2.75) is 147 Å². The number of hydrogen-bond donors (Lipinski definition) is 0. The molecule has 6 rings (SSSR count). The first-order chi connectivity index (χ1) is 21.1. The molecular formula is C45H72. The lowest BCUT2D eigenvalue weighted by Gasteiger charge is -2.46. The Morgan fingerprint density at radius 3 is 1.56 bits per heavy atom. The first-order valence-corrected chi connectivity index (χ1v) is 19.5. The van der Waals surface area contributed by atoms with Crippen LogP contribution in [0, 0.1) is 75.4 Å². The first kappa shape index (κ1) is 35.0. The monoisotopic (exact) mass is 613 g/mol. The molecule has 0 saturated heterocycles. The van der Waals surface area contributed by atoms with E-state index in [0.29, 0.717) is 22.2 Å². The minimum atomic E-state index is 0.400. The molecule has 0 spiro atoms. The standard InChI is InChI=1S/C42H64.C3H8/c1-26-22-30(42(8,9)10)25-35(26)38(34-17-13-15-27-14-11-12-16-31(27)34)39-36-23-28(40(2,3)4)18-20-32(36)33-21-19-29(24-37(33)39)41(5,6)7;1-3-2/h11-17,26,28-30,32-33,35-39H,18-25H2,1-10H3;3H2,1-2H3/t26?,28?,29?,30?,32?,33?,35?,36?,37?,38-,39?;/m1./s1. The Balaban J connectivity index is 0.00000128. The molecule has 0 heteroatoms. The normalized spacial score (nSPS) is 36.2. The van der Waals surface area contributed by atoms with Crippen molar-refractivity contribution in [1.29, 1.82) is 0 Å². The van der Waals surface area contributed by atoms with E-state index >= 15 is 0 Å². The average molecular weight is 613 g/mol. The molecule has 252 valence electrons. The second-order valence-corrected chi connectivity index (χ2v) is 20.0.